The lowest BCUT2D eigenvalue weighted by atomic mass is 9.90. The Hall–Kier alpha value is -1.66. The van der Waals surface area contributed by atoms with Gasteiger partial charge >= 0.3 is 0 Å². The zero-order valence-electron chi connectivity index (χ0n) is 9.47. The van der Waals surface area contributed by atoms with Gasteiger partial charge in [0.05, 0.1) is 17.6 Å². The lowest BCUT2D eigenvalue weighted by Gasteiger charge is -2.19. The predicted molar refractivity (Wildman–Crippen MR) is 70.4 cm³/mol. The lowest BCUT2D eigenvalue weighted by Crippen LogP contribution is -2.07. The molecule has 3 heteroatoms. The first kappa shape index (κ1) is 11.8. The second-order valence-electron chi connectivity index (χ2n) is 3.69. The van der Waals surface area contributed by atoms with Crippen LogP contribution in [0.3, 0.4) is 0 Å². The van der Waals surface area contributed by atoms with Crippen LogP contribution in [0.25, 0.3) is 0 Å². The Morgan fingerprint density at radius 3 is 2.94 bits per heavy atom. The molecule has 0 spiro atoms. The van der Waals surface area contributed by atoms with E-state index in [1.165, 1.54) is 11.8 Å². The molecule has 1 N–H and O–H groups in total. The Bertz CT molecular complexity index is 525. The third-order valence-corrected chi connectivity index (χ3v) is 3.44. The van der Waals surface area contributed by atoms with Gasteiger partial charge in [-0.2, -0.15) is 5.26 Å². The number of hydrogen-bond donors (Lipinski definition) is 1. The lowest BCUT2D eigenvalue weighted by molar-refractivity contribution is 0.403. The van der Waals surface area contributed by atoms with Crippen molar-refractivity contribution in [2.24, 2.45) is 0 Å². The van der Waals surface area contributed by atoms with E-state index in [0.717, 1.165) is 16.4 Å². The van der Waals surface area contributed by atoms with Gasteiger partial charge in [-0.1, -0.05) is 18.2 Å². The van der Waals surface area contributed by atoms with Crippen molar-refractivity contribution in [2.45, 2.75) is 6.42 Å². The summed E-state index contributed by atoms with van der Waals surface area (Å²) in [7, 11) is 0. The summed E-state index contributed by atoms with van der Waals surface area (Å²) in [5.74, 6) is 1.21. The van der Waals surface area contributed by atoms with Gasteiger partial charge in [0.25, 0.3) is 0 Å². The first-order chi connectivity index (χ1) is 8.26. The predicted octanol–water partition coefficient (Wildman–Crippen LogP) is 3.57. The van der Waals surface area contributed by atoms with Gasteiger partial charge in [0, 0.05) is 4.91 Å². The number of hydrogen-bond acceptors (Lipinski definition) is 3. The second kappa shape index (κ2) is 5.11. The van der Waals surface area contributed by atoms with E-state index in [4.69, 9.17) is 5.26 Å². The van der Waals surface area contributed by atoms with Crippen LogP contribution in [0.4, 0.5) is 0 Å². The van der Waals surface area contributed by atoms with E-state index in [9.17, 15) is 5.11 Å². The molecule has 0 unspecified atom stereocenters. The fraction of sp³-hybridized carbons (Fsp3) is 0.143. The minimum Gasteiger partial charge on any atom is -0.510 e. The van der Waals surface area contributed by atoms with E-state index in [2.05, 4.69) is 6.07 Å². The van der Waals surface area contributed by atoms with Crippen LogP contribution in [0.1, 0.15) is 17.5 Å². The average molecular weight is 242 g/mol. The normalized spacial score (nSPS) is 16.0. The van der Waals surface area contributed by atoms with Gasteiger partial charge in [-0.25, -0.2) is 0 Å². The fourth-order valence-corrected chi connectivity index (χ4v) is 2.35. The first-order valence-electron chi connectivity index (χ1n) is 5.26. The molecule has 2 rings (SSSR count). The number of aliphatic hydroxyl groups excluding tert-OH is 1. The monoisotopic (exact) mass is 242 g/mol. The Balaban J connectivity index is 2.38. The summed E-state index contributed by atoms with van der Waals surface area (Å²) in [6.07, 6.45) is 6.59. The molecule has 0 amide bonds. The first-order valence-corrected chi connectivity index (χ1v) is 6.49. The summed E-state index contributed by atoms with van der Waals surface area (Å²) in [6, 6.07) is 9.44. The highest BCUT2D eigenvalue weighted by molar-refractivity contribution is 8.02. The fourth-order valence-electron chi connectivity index (χ4n) is 1.80. The molecule has 85 valence electrons. The Labute approximate surface area is 105 Å². The molecule has 0 aliphatic heterocycles. The molecule has 0 fully saturated rings. The SMILES string of the molecule is CSC1=C(O)[C](c2cccc(C#N)c2)CC=C1. The van der Waals surface area contributed by atoms with Crippen molar-refractivity contribution in [1.82, 2.24) is 0 Å². The van der Waals surface area contributed by atoms with Gasteiger partial charge in [-0.3, -0.25) is 0 Å². The maximum atomic E-state index is 10.1. The van der Waals surface area contributed by atoms with Crippen LogP contribution in [0.2, 0.25) is 0 Å². The molecule has 1 aromatic rings. The third-order valence-electron chi connectivity index (χ3n) is 2.67. The zero-order valence-corrected chi connectivity index (χ0v) is 10.3. The highest BCUT2D eigenvalue weighted by Gasteiger charge is 2.21. The summed E-state index contributed by atoms with van der Waals surface area (Å²) < 4.78 is 0. The topological polar surface area (TPSA) is 44.0 Å². The number of nitrogens with zero attached hydrogens (tertiary/aromatic N) is 1. The van der Waals surface area contributed by atoms with Crippen LogP contribution in [-0.2, 0) is 0 Å². The van der Waals surface area contributed by atoms with Crippen LogP contribution in [-0.4, -0.2) is 11.4 Å². The summed E-state index contributed by atoms with van der Waals surface area (Å²) in [6.45, 7) is 0. The quantitative estimate of drug-likeness (QED) is 0.862. The van der Waals surface area contributed by atoms with E-state index < -0.39 is 0 Å². The molecule has 0 aromatic heterocycles. The Morgan fingerprint density at radius 2 is 2.24 bits per heavy atom. The molecule has 0 atom stereocenters. The van der Waals surface area contributed by atoms with Crippen molar-refractivity contribution in [3.05, 3.63) is 64.1 Å². The van der Waals surface area contributed by atoms with Crippen LogP contribution in [0.5, 0.6) is 0 Å². The van der Waals surface area contributed by atoms with Crippen LogP contribution in [0, 0.1) is 17.2 Å². The summed E-state index contributed by atoms with van der Waals surface area (Å²) in [5, 5.41) is 19.0. The molecule has 1 aliphatic carbocycles. The van der Waals surface area contributed by atoms with Crippen molar-refractivity contribution < 1.29 is 5.11 Å². The number of benzene rings is 1. The smallest absolute Gasteiger partial charge is 0.118 e. The van der Waals surface area contributed by atoms with Gasteiger partial charge in [-0.05, 0) is 36.4 Å². The molecule has 2 nitrogen and oxygen atoms in total. The summed E-state index contributed by atoms with van der Waals surface area (Å²) in [4.78, 5) is 0.869. The minimum atomic E-state index is 0.329. The number of thioether (sulfide) groups is 1. The Morgan fingerprint density at radius 1 is 1.41 bits per heavy atom. The number of rotatable bonds is 2. The van der Waals surface area contributed by atoms with E-state index in [-0.39, 0.29) is 0 Å². The van der Waals surface area contributed by atoms with Crippen molar-refractivity contribution >= 4 is 11.8 Å². The summed E-state index contributed by atoms with van der Waals surface area (Å²) >= 11 is 1.52. The van der Waals surface area contributed by atoms with E-state index >= 15 is 0 Å². The van der Waals surface area contributed by atoms with Crippen molar-refractivity contribution in [2.75, 3.05) is 6.26 Å². The standard InChI is InChI=1S/C14H12NOS/c1-17-13-7-3-6-12(14(13)16)11-5-2-4-10(8-11)9-15/h2-5,7-8,16H,6H2,1H3. The number of aliphatic hydroxyl groups is 1. The van der Waals surface area contributed by atoms with E-state index in [1.807, 2.05) is 36.6 Å². The molecule has 0 saturated heterocycles. The maximum absolute atomic E-state index is 10.1. The van der Waals surface area contributed by atoms with Gasteiger partial charge in [0.2, 0.25) is 0 Å². The van der Waals surface area contributed by atoms with Gasteiger partial charge in [0.15, 0.2) is 0 Å². The van der Waals surface area contributed by atoms with Gasteiger partial charge in [0.1, 0.15) is 5.76 Å². The summed E-state index contributed by atoms with van der Waals surface area (Å²) in [5.41, 5.74) is 1.53. The molecule has 0 saturated carbocycles. The molecular weight excluding hydrogens is 230 g/mol. The zero-order chi connectivity index (χ0) is 12.3. The van der Waals surface area contributed by atoms with E-state index in [1.54, 1.807) is 6.07 Å². The van der Waals surface area contributed by atoms with Crippen molar-refractivity contribution in [3.63, 3.8) is 0 Å². The average Bonchev–Trinajstić information content (AvgIpc) is 2.39. The molecule has 1 aromatic carbocycles. The highest BCUT2D eigenvalue weighted by atomic mass is 32.2. The molecule has 17 heavy (non-hydrogen) atoms. The van der Waals surface area contributed by atoms with E-state index in [0.29, 0.717) is 17.7 Å². The van der Waals surface area contributed by atoms with Crippen LogP contribution in [0.15, 0.2) is 47.1 Å². The largest absolute Gasteiger partial charge is 0.510 e. The minimum absolute atomic E-state index is 0.329. The third kappa shape index (κ3) is 2.37. The second-order valence-corrected chi connectivity index (χ2v) is 4.54. The maximum Gasteiger partial charge on any atom is 0.118 e. The van der Waals surface area contributed by atoms with Gasteiger partial charge < -0.3 is 5.11 Å². The molecule has 0 bridgehead atoms. The van der Waals surface area contributed by atoms with Crippen LogP contribution >= 0.6 is 11.8 Å². The molecule has 1 radical (unpaired) electrons. The number of allylic oxidation sites excluding steroid dienone is 3. The van der Waals surface area contributed by atoms with Crippen LogP contribution < -0.4 is 0 Å². The molecule has 0 heterocycles. The molecular formula is C14H12NOS. The number of nitriles is 1. The van der Waals surface area contributed by atoms with Crippen molar-refractivity contribution in [3.8, 4) is 6.07 Å². The van der Waals surface area contributed by atoms with Crippen molar-refractivity contribution in [1.29, 1.82) is 5.26 Å². The highest BCUT2D eigenvalue weighted by Crippen LogP contribution is 2.35. The molecule has 1 aliphatic rings. The Kier molecular flexibility index (Phi) is 3.55. The van der Waals surface area contributed by atoms with Gasteiger partial charge in [-0.15, -0.1) is 11.8 Å².